The summed E-state index contributed by atoms with van der Waals surface area (Å²) in [6, 6.07) is 7.08. The largest absolute Gasteiger partial charge is 0.381 e. The van der Waals surface area contributed by atoms with Gasteiger partial charge in [-0.15, -0.1) is 0 Å². The Morgan fingerprint density at radius 3 is 2.68 bits per heavy atom. The number of H-pyrrole nitrogens is 1. The number of benzene rings is 1. The van der Waals surface area contributed by atoms with Crippen LogP contribution in [0.3, 0.4) is 0 Å². The molecule has 2 aliphatic heterocycles. The van der Waals surface area contributed by atoms with Crippen LogP contribution in [-0.4, -0.2) is 44.2 Å². The summed E-state index contributed by atoms with van der Waals surface area (Å²) >= 11 is 0. The molecule has 6 rings (SSSR count). The summed E-state index contributed by atoms with van der Waals surface area (Å²) in [4.78, 5) is 38.2. The van der Waals surface area contributed by atoms with Crippen molar-refractivity contribution in [1.82, 2.24) is 19.8 Å². The number of nitrogen functional groups attached to an aromatic ring is 1. The molecule has 1 unspecified atom stereocenters. The number of nitrogens with one attached hydrogen (secondary N) is 1. The number of pyridine rings is 1. The Labute approximate surface area is 194 Å². The molecule has 1 saturated carbocycles. The Balaban J connectivity index is 1.43. The van der Waals surface area contributed by atoms with E-state index in [4.69, 9.17) is 5.73 Å². The standard InChI is InChI=1S/C25H25F2N5O2/c1-13(24(2)5-6-24)31-8-7-25(23(31)34)17-4-3-14(26)9-16(17)22(33)32(25)12-15-10-19-20(29-15)11-18(27)21(28)30-19/h3-4,9-11,13,29H,5-8,12H2,1-2H3,(H2,28,30)/t13?,25-/m0/s1. The Kier molecular flexibility index (Phi) is 4.20. The van der Waals surface area contributed by atoms with Gasteiger partial charge >= 0.3 is 0 Å². The lowest BCUT2D eigenvalue weighted by Gasteiger charge is -2.36. The van der Waals surface area contributed by atoms with E-state index in [1.165, 1.54) is 23.1 Å². The van der Waals surface area contributed by atoms with E-state index in [0.717, 1.165) is 12.8 Å². The lowest BCUT2D eigenvalue weighted by atomic mass is 9.87. The predicted octanol–water partition coefficient (Wildman–Crippen LogP) is 3.70. The van der Waals surface area contributed by atoms with Crippen molar-refractivity contribution in [2.45, 2.75) is 51.2 Å². The van der Waals surface area contributed by atoms with Crippen LogP contribution < -0.4 is 5.73 Å². The average Bonchev–Trinajstić information content (AvgIpc) is 3.20. The first-order valence-corrected chi connectivity index (χ1v) is 11.5. The van der Waals surface area contributed by atoms with Crippen LogP contribution in [0.25, 0.3) is 11.0 Å². The second kappa shape index (κ2) is 6.77. The molecule has 1 saturated heterocycles. The normalized spacial score (nSPS) is 23.9. The third kappa shape index (κ3) is 2.75. The highest BCUT2D eigenvalue weighted by Gasteiger charge is 2.61. The molecule has 2 amide bonds. The first-order valence-electron chi connectivity index (χ1n) is 11.5. The molecule has 176 valence electrons. The van der Waals surface area contributed by atoms with Gasteiger partial charge in [0.05, 0.1) is 17.6 Å². The van der Waals surface area contributed by atoms with Gasteiger partial charge in [0.25, 0.3) is 11.8 Å². The predicted molar refractivity (Wildman–Crippen MR) is 122 cm³/mol. The first kappa shape index (κ1) is 21.1. The molecule has 9 heteroatoms. The minimum Gasteiger partial charge on any atom is -0.381 e. The zero-order chi connectivity index (χ0) is 24.0. The van der Waals surface area contributed by atoms with E-state index >= 15 is 0 Å². The number of likely N-dealkylation sites (tertiary alicyclic amines) is 1. The zero-order valence-corrected chi connectivity index (χ0v) is 19.0. The highest BCUT2D eigenvalue weighted by atomic mass is 19.1. The maximum Gasteiger partial charge on any atom is 0.255 e. The van der Waals surface area contributed by atoms with E-state index < -0.39 is 23.1 Å². The highest BCUT2D eigenvalue weighted by Crippen LogP contribution is 2.54. The van der Waals surface area contributed by atoms with Crippen LogP contribution in [0.5, 0.6) is 0 Å². The number of nitrogens with zero attached hydrogens (tertiary/aromatic N) is 3. The third-order valence-corrected chi connectivity index (χ3v) is 8.17. The van der Waals surface area contributed by atoms with Crippen LogP contribution >= 0.6 is 0 Å². The summed E-state index contributed by atoms with van der Waals surface area (Å²) in [5.41, 5.74) is 6.74. The number of nitrogens with two attached hydrogens (primary N) is 1. The van der Waals surface area contributed by atoms with Gasteiger partial charge in [-0.1, -0.05) is 13.0 Å². The second-order valence-electron chi connectivity index (χ2n) is 10.1. The van der Waals surface area contributed by atoms with Crippen molar-refractivity contribution in [2.75, 3.05) is 12.3 Å². The summed E-state index contributed by atoms with van der Waals surface area (Å²) in [5, 5.41) is 0. The Morgan fingerprint density at radius 2 is 1.94 bits per heavy atom. The Morgan fingerprint density at radius 1 is 1.18 bits per heavy atom. The molecule has 1 aromatic carbocycles. The Bertz CT molecular complexity index is 1340. The molecule has 1 aliphatic carbocycles. The number of fused-ring (bicyclic) bond motifs is 3. The lowest BCUT2D eigenvalue weighted by Crippen LogP contribution is -2.51. The van der Waals surface area contributed by atoms with Crippen LogP contribution in [0.2, 0.25) is 0 Å². The van der Waals surface area contributed by atoms with Crippen molar-refractivity contribution in [2.24, 2.45) is 5.41 Å². The van der Waals surface area contributed by atoms with Gasteiger partial charge in [-0.2, -0.15) is 0 Å². The van der Waals surface area contributed by atoms with Crippen LogP contribution in [0.1, 0.15) is 54.7 Å². The van der Waals surface area contributed by atoms with E-state index in [1.54, 1.807) is 12.1 Å². The maximum absolute atomic E-state index is 14.1. The number of aromatic nitrogens is 2. The van der Waals surface area contributed by atoms with Crippen molar-refractivity contribution < 1.29 is 18.4 Å². The molecule has 2 atom stereocenters. The number of carbonyl (C=O) groups is 2. The minimum absolute atomic E-state index is 0.0454. The first-order chi connectivity index (χ1) is 16.1. The zero-order valence-electron chi connectivity index (χ0n) is 19.0. The summed E-state index contributed by atoms with van der Waals surface area (Å²) in [7, 11) is 0. The molecule has 34 heavy (non-hydrogen) atoms. The fourth-order valence-corrected chi connectivity index (χ4v) is 5.67. The van der Waals surface area contributed by atoms with Gasteiger partial charge in [0.2, 0.25) is 0 Å². The third-order valence-electron chi connectivity index (χ3n) is 8.17. The van der Waals surface area contributed by atoms with Crippen molar-refractivity contribution >= 4 is 28.7 Å². The van der Waals surface area contributed by atoms with Crippen molar-refractivity contribution in [3.8, 4) is 0 Å². The van der Waals surface area contributed by atoms with Gasteiger partial charge in [0.15, 0.2) is 11.6 Å². The highest BCUT2D eigenvalue weighted by molar-refractivity contribution is 6.07. The molecule has 3 aliphatic rings. The smallest absolute Gasteiger partial charge is 0.255 e. The van der Waals surface area contributed by atoms with Crippen LogP contribution in [0.4, 0.5) is 14.6 Å². The van der Waals surface area contributed by atoms with E-state index in [1.807, 2.05) is 4.90 Å². The molecular formula is C25H25F2N5O2. The van der Waals surface area contributed by atoms with Crippen molar-refractivity contribution in [3.05, 3.63) is 58.8 Å². The van der Waals surface area contributed by atoms with Crippen molar-refractivity contribution in [3.63, 3.8) is 0 Å². The van der Waals surface area contributed by atoms with Gasteiger partial charge in [-0.25, -0.2) is 13.8 Å². The van der Waals surface area contributed by atoms with Crippen molar-refractivity contribution in [1.29, 1.82) is 0 Å². The van der Waals surface area contributed by atoms with Gasteiger partial charge in [0, 0.05) is 41.9 Å². The summed E-state index contributed by atoms with van der Waals surface area (Å²) in [6.07, 6.45) is 2.56. The summed E-state index contributed by atoms with van der Waals surface area (Å²) in [5.74, 6) is -1.89. The molecule has 7 nitrogen and oxygen atoms in total. The second-order valence-corrected chi connectivity index (χ2v) is 10.1. The quantitative estimate of drug-likeness (QED) is 0.614. The number of anilines is 1. The topological polar surface area (TPSA) is 95.3 Å². The van der Waals surface area contributed by atoms with Crippen LogP contribution in [-0.2, 0) is 16.9 Å². The van der Waals surface area contributed by atoms with E-state index in [9.17, 15) is 18.4 Å². The van der Waals surface area contributed by atoms with Gasteiger partial charge in [-0.3, -0.25) is 9.59 Å². The van der Waals surface area contributed by atoms with E-state index in [0.29, 0.717) is 35.3 Å². The summed E-state index contributed by atoms with van der Waals surface area (Å²) < 4.78 is 28.0. The van der Waals surface area contributed by atoms with Crippen LogP contribution in [0.15, 0.2) is 30.3 Å². The van der Waals surface area contributed by atoms with E-state index in [-0.39, 0.29) is 35.3 Å². The molecule has 0 radical (unpaired) electrons. The Hall–Kier alpha value is -3.49. The molecule has 3 aromatic rings. The molecule has 2 fully saturated rings. The number of aromatic amines is 1. The van der Waals surface area contributed by atoms with Crippen LogP contribution in [0, 0.1) is 17.0 Å². The van der Waals surface area contributed by atoms with Gasteiger partial charge < -0.3 is 20.5 Å². The van der Waals surface area contributed by atoms with Gasteiger partial charge in [-0.05, 0) is 43.4 Å². The monoisotopic (exact) mass is 465 g/mol. The molecule has 4 heterocycles. The molecule has 1 spiro atoms. The number of hydrogen-bond donors (Lipinski definition) is 2. The van der Waals surface area contributed by atoms with Gasteiger partial charge in [0.1, 0.15) is 11.4 Å². The fourth-order valence-electron chi connectivity index (χ4n) is 5.67. The fraction of sp³-hybridized carbons (Fsp3) is 0.400. The molecule has 0 bridgehead atoms. The molecule has 2 aromatic heterocycles. The number of halogens is 2. The molecular weight excluding hydrogens is 440 g/mol. The SMILES string of the molecule is CC(N1CC[C@@]2(C1=O)c1ccc(F)cc1C(=O)N2Cc1cc2nc(N)c(F)cc2[nH]1)C1(C)CC1. The lowest BCUT2D eigenvalue weighted by molar-refractivity contribution is -0.140. The number of hydrogen-bond acceptors (Lipinski definition) is 4. The maximum atomic E-state index is 14.1. The number of amides is 2. The van der Waals surface area contributed by atoms with E-state index in [2.05, 4.69) is 23.8 Å². The number of rotatable bonds is 4. The number of carbonyl (C=O) groups excluding carboxylic acids is 2. The molecule has 3 N–H and O–H groups in total. The minimum atomic E-state index is -1.20. The summed E-state index contributed by atoms with van der Waals surface area (Å²) in [6.45, 7) is 4.84. The average molecular weight is 466 g/mol.